The van der Waals surface area contributed by atoms with E-state index in [1.807, 2.05) is 67.6 Å². The highest BCUT2D eigenvalue weighted by Crippen LogP contribution is 2.52. The van der Waals surface area contributed by atoms with Crippen LogP contribution in [0.4, 0.5) is 0 Å². The quantitative estimate of drug-likeness (QED) is 0.254. The Kier molecular flexibility index (Phi) is 7.05. The second-order valence-electron chi connectivity index (χ2n) is 9.02. The van der Waals surface area contributed by atoms with Crippen molar-refractivity contribution in [3.8, 4) is 11.5 Å². The molecule has 0 spiro atoms. The predicted molar refractivity (Wildman–Crippen MR) is 155 cm³/mol. The van der Waals surface area contributed by atoms with Crippen LogP contribution in [0.25, 0.3) is 21.0 Å². The zero-order valence-electron chi connectivity index (χ0n) is 21.2. The summed E-state index contributed by atoms with van der Waals surface area (Å²) in [6, 6.07) is 29.9. The van der Waals surface area contributed by atoms with Gasteiger partial charge in [0.2, 0.25) is 0 Å². The third kappa shape index (κ3) is 4.87. The summed E-state index contributed by atoms with van der Waals surface area (Å²) in [6.07, 6.45) is 0. The van der Waals surface area contributed by atoms with Gasteiger partial charge in [0, 0.05) is 22.2 Å². The Bertz CT molecular complexity index is 1540. The molecule has 4 aromatic carbocycles. The van der Waals surface area contributed by atoms with Crippen molar-refractivity contribution >= 4 is 43.4 Å². The lowest BCUT2D eigenvalue weighted by atomic mass is 9.88. The molecule has 0 saturated carbocycles. The number of methoxy groups -OCH3 is 2. The van der Waals surface area contributed by atoms with Crippen LogP contribution in [0.2, 0.25) is 5.02 Å². The molecular weight excluding hydrogens is 500 g/mol. The lowest BCUT2D eigenvalue weighted by Gasteiger charge is -2.15. The fourth-order valence-electron chi connectivity index (χ4n) is 4.63. The maximum Gasteiger partial charge on any atom is 0.123 e. The molecule has 5 heteroatoms. The number of benzene rings is 4. The van der Waals surface area contributed by atoms with Crippen molar-refractivity contribution in [2.75, 3.05) is 14.2 Å². The van der Waals surface area contributed by atoms with Gasteiger partial charge in [-0.2, -0.15) is 0 Å². The number of hydrogen-bond acceptors (Lipinski definition) is 3. The molecule has 0 aliphatic carbocycles. The number of aryl methyl sites for hydroxylation is 2. The summed E-state index contributed by atoms with van der Waals surface area (Å²) in [4.78, 5) is 1.52. The van der Waals surface area contributed by atoms with Crippen LogP contribution in [0.1, 0.15) is 33.4 Å². The zero-order chi connectivity index (χ0) is 26.1. The minimum atomic E-state index is -1.46. The van der Waals surface area contributed by atoms with E-state index < -0.39 is 10.8 Å². The van der Waals surface area contributed by atoms with Crippen LogP contribution in [-0.4, -0.2) is 18.4 Å². The molecule has 1 atom stereocenters. The first-order valence-electron chi connectivity index (χ1n) is 11.9. The Morgan fingerprint density at radius 2 is 1.16 bits per heavy atom. The van der Waals surface area contributed by atoms with Gasteiger partial charge in [-0.1, -0.05) is 83.4 Å². The lowest BCUT2D eigenvalue weighted by Crippen LogP contribution is -1.96. The van der Waals surface area contributed by atoms with Gasteiger partial charge in [-0.3, -0.25) is 0 Å². The van der Waals surface area contributed by atoms with Crippen LogP contribution >= 0.6 is 11.6 Å². The fraction of sp³-hybridized carbons (Fsp3) is 0.125. The molecule has 1 heterocycles. The smallest absolute Gasteiger partial charge is 0.123 e. The normalized spacial score (nSPS) is 15.3. The van der Waals surface area contributed by atoms with E-state index in [1.165, 1.54) is 0 Å². The van der Waals surface area contributed by atoms with Gasteiger partial charge in [0.1, 0.15) is 11.5 Å². The second kappa shape index (κ2) is 10.4. The Morgan fingerprint density at radius 1 is 0.595 bits per heavy atom. The Hall–Kier alpha value is -3.60. The number of halogens is 1. The first kappa shape index (κ1) is 25.1. The number of hydrogen-bond donors (Lipinski definition) is 0. The SMILES string of the molecule is COc1cc(OC)cc(C2=C(c3cccc(C)c3)S(=O)C(c3ccc(Cl)cc3)=C2c2ccc(C)cc2)c1. The highest BCUT2D eigenvalue weighted by Gasteiger charge is 2.35. The average molecular weight is 527 g/mol. The van der Waals surface area contributed by atoms with E-state index in [2.05, 4.69) is 37.3 Å². The van der Waals surface area contributed by atoms with Crippen molar-refractivity contribution in [3.63, 3.8) is 0 Å². The van der Waals surface area contributed by atoms with E-state index in [4.69, 9.17) is 21.1 Å². The summed E-state index contributed by atoms with van der Waals surface area (Å²) in [5, 5.41) is 0.634. The van der Waals surface area contributed by atoms with Crippen LogP contribution in [-0.2, 0) is 10.8 Å². The molecule has 0 bridgehead atoms. The van der Waals surface area contributed by atoms with Gasteiger partial charge in [0.05, 0.1) is 34.8 Å². The molecule has 0 radical (unpaired) electrons. The number of ether oxygens (including phenoxy) is 2. The Labute approximate surface area is 225 Å². The summed E-state index contributed by atoms with van der Waals surface area (Å²) in [5.74, 6) is 1.33. The lowest BCUT2D eigenvalue weighted by molar-refractivity contribution is 0.394. The maximum absolute atomic E-state index is 14.5. The standard InChI is InChI=1S/C32H27ClO3S/c1-20-8-10-22(11-9-20)29-30(25-17-27(35-3)19-28(18-25)36-4)32(24-7-5-6-21(2)16-24)37(34)31(29)23-12-14-26(33)15-13-23/h5-19H,1-4H3. The Morgan fingerprint density at radius 3 is 1.76 bits per heavy atom. The molecule has 1 unspecified atom stereocenters. The molecule has 0 aromatic heterocycles. The summed E-state index contributed by atoms with van der Waals surface area (Å²) < 4.78 is 25.8. The molecule has 0 N–H and O–H groups in total. The largest absolute Gasteiger partial charge is 0.497 e. The molecule has 1 aliphatic rings. The average Bonchev–Trinajstić information content (AvgIpc) is 3.22. The van der Waals surface area contributed by atoms with E-state index >= 15 is 0 Å². The van der Waals surface area contributed by atoms with Crippen molar-refractivity contribution in [1.29, 1.82) is 0 Å². The summed E-state index contributed by atoms with van der Waals surface area (Å²) >= 11 is 6.23. The van der Waals surface area contributed by atoms with Gasteiger partial charge in [-0.25, -0.2) is 4.21 Å². The molecule has 5 rings (SSSR count). The third-order valence-electron chi connectivity index (χ3n) is 6.44. The monoisotopic (exact) mass is 526 g/mol. The second-order valence-corrected chi connectivity index (χ2v) is 10.8. The van der Waals surface area contributed by atoms with Crippen LogP contribution in [0.5, 0.6) is 11.5 Å². The van der Waals surface area contributed by atoms with Crippen molar-refractivity contribution in [3.05, 3.63) is 129 Å². The summed E-state index contributed by atoms with van der Waals surface area (Å²) in [6.45, 7) is 4.11. The van der Waals surface area contributed by atoms with Crippen molar-refractivity contribution < 1.29 is 13.7 Å². The zero-order valence-corrected chi connectivity index (χ0v) is 22.7. The van der Waals surface area contributed by atoms with Crippen LogP contribution < -0.4 is 9.47 Å². The highest BCUT2D eigenvalue weighted by molar-refractivity contribution is 8.04. The maximum atomic E-state index is 14.5. The summed E-state index contributed by atoms with van der Waals surface area (Å²) in [7, 11) is 1.81. The first-order chi connectivity index (χ1) is 17.9. The fourth-order valence-corrected chi connectivity index (χ4v) is 6.46. The van der Waals surface area contributed by atoms with Gasteiger partial charge in [-0.15, -0.1) is 0 Å². The van der Waals surface area contributed by atoms with Crippen LogP contribution in [0.15, 0.2) is 91.0 Å². The van der Waals surface area contributed by atoms with Gasteiger partial charge < -0.3 is 9.47 Å². The van der Waals surface area contributed by atoms with Crippen LogP contribution in [0, 0.1) is 13.8 Å². The van der Waals surface area contributed by atoms with E-state index in [-0.39, 0.29) is 0 Å². The van der Waals surface area contributed by atoms with Gasteiger partial charge >= 0.3 is 0 Å². The molecule has 1 aliphatic heterocycles. The van der Waals surface area contributed by atoms with E-state index in [0.29, 0.717) is 16.5 Å². The Balaban J connectivity index is 1.90. The van der Waals surface area contributed by atoms with E-state index in [9.17, 15) is 4.21 Å². The van der Waals surface area contributed by atoms with E-state index in [0.717, 1.165) is 54.3 Å². The molecule has 186 valence electrons. The molecular formula is C32H27ClO3S. The summed E-state index contributed by atoms with van der Waals surface area (Å²) in [5.41, 5.74) is 7.73. The molecule has 0 amide bonds. The van der Waals surface area contributed by atoms with Gasteiger partial charge in [-0.05, 0) is 60.4 Å². The molecule has 4 aromatic rings. The number of allylic oxidation sites excluding steroid dienone is 2. The highest BCUT2D eigenvalue weighted by atomic mass is 35.5. The molecule has 37 heavy (non-hydrogen) atoms. The number of rotatable bonds is 6. The van der Waals surface area contributed by atoms with Crippen molar-refractivity contribution in [2.45, 2.75) is 13.8 Å². The predicted octanol–water partition coefficient (Wildman–Crippen LogP) is 8.17. The molecule has 0 fully saturated rings. The van der Waals surface area contributed by atoms with Crippen molar-refractivity contribution in [1.82, 2.24) is 0 Å². The van der Waals surface area contributed by atoms with Gasteiger partial charge in [0.15, 0.2) is 0 Å². The van der Waals surface area contributed by atoms with Crippen LogP contribution in [0.3, 0.4) is 0 Å². The van der Waals surface area contributed by atoms with Gasteiger partial charge in [0.25, 0.3) is 0 Å². The van der Waals surface area contributed by atoms with Crippen molar-refractivity contribution in [2.24, 2.45) is 0 Å². The topological polar surface area (TPSA) is 35.5 Å². The molecule has 3 nitrogen and oxygen atoms in total. The van der Waals surface area contributed by atoms with E-state index in [1.54, 1.807) is 14.2 Å². The molecule has 0 saturated heterocycles. The minimum Gasteiger partial charge on any atom is -0.497 e. The third-order valence-corrected chi connectivity index (χ3v) is 8.32. The minimum absolute atomic E-state index is 0.634. The first-order valence-corrected chi connectivity index (χ1v) is 13.5.